The quantitative estimate of drug-likeness (QED) is 0.579. The molecule has 0 radical (unpaired) electrons. The maximum atomic E-state index is 13.5. The van der Waals surface area contributed by atoms with E-state index in [1.807, 2.05) is 24.3 Å². The predicted molar refractivity (Wildman–Crippen MR) is 114 cm³/mol. The van der Waals surface area contributed by atoms with E-state index in [4.69, 9.17) is 23.2 Å². The van der Waals surface area contributed by atoms with Gasteiger partial charge in [-0.05, 0) is 54.1 Å². The summed E-state index contributed by atoms with van der Waals surface area (Å²) in [5, 5.41) is 5.25. The highest BCUT2D eigenvalue weighted by Crippen LogP contribution is 2.41. The van der Waals surface area contributed by atoms with E-state index in [0.29, 0.717) is 21.1 Å². The molecule has 144 valence electrons. The van der Waals surface area contributed by atoms with Gasteiger partial charge in [-0.1, -0.05) is 54.6 Å². The van der Waals surface area contributed by atoms with Crippen molar-refractivity contribution in [2.24, 2.45) is 0 Å². The monoisotopic (exact) mass is 414 g/mol. The average molecular weight is 415 g/mol. The standard InChI is InChI=1S/C22H20Cl2N2O2/c23-16-6-4-15(5-7-16)22(9-2-1-3-10-22)21(28)26-19-12-14-8-11-25-20(27)17(14)13-18(19)24/h4-8,11-13H,1-3,9-10H2,(H,25,27)(H,26,28). The second-order valence-corrected chi connectivity index (χ2v) is 8.17. The summed E-state index contributed by atoms with van der Waals surface area (Å²) < 4.78 is 0. The van der Waals surface area contributed by atoms with E-state index in [0.717, 1.165) is 43.1 Å². The van der Waals surface area contributed by atoms with Gasteiger partial charge >= 0.3 is 0 Å². The third-order valence-corrected chi connectivity index (χ3v) is 6.21. The van der Waals surface area contributed by atoms with Crippen LogP contribution >= 0.6 is 23.2 Å². The van der Waals surface area contributed by atoms with E-state index >= 15 is 0 Å². The number of rotatable bonds is 3. The van der Waals surface area contributed by atoms with Crippen molar-refractivity contribution in [3.8, 4) is 0 Å². The van der Waals surface area contributed by atoms with E-state index in [1.54, 1.807) is 24.4 Å². The number of amides is 1. The van der Waals surface area contributed by atoms with E-state index in [-0.39, 0.29) is 11.5 Å². The van der Waals surface area contributed by atoms with Gasteiger partial charge in [-0.2, -0.15) is 0 Å². The number of hydrogen-bond acceptors (Lipinski definition) is 2. The number of nitrogens with one attached hydrogen (secondary N) is 2. The van der Waals surface area contributed by atoms with Crippen molar-refractivity contribution in [2.45, 2.75) is 37.5 Å². The van der Waals surface area contributed by atoms with Gasteiger partial charge in [-0.15, -0.1) is 0 Å². The Bertz CT molecular complexity index is 1080. The molecule has 28 heavy (non-hydrogen) atoms. The molecule has 0 atom stereocenters. The summed E-state index contributed by atoms with van der Waals surface area (Å²) in [6, 6.07) is 12.7. The predicted octanol–water partition coefficient (Wildman–Crippen LogP) is 5.68. The van der Waals surface area contributed by atoms with E-state index < -0.39 is 5.41 Å². The summed E-state index contributed by atoms with van der Waals surface area (Å²) >= 11 is 12.4. The molecule has 1 saturated carbocycles. The van der Waals surface area contributed by atoms with E-state index in [2.05, 4.69) is 10.3 Å². The number of benzene rings is 2. The third kappa shape index (κ3) is 3.43. The van der Waals surface area contributed by atoms with Crippen LogP contribution < -0.4 is 10.9 Å². The maximum Gasteiger partial charge on any atom is 0.255 e. The van der Waals surface area contributed by atoms with Gasteiger partial charge in [0.2, 0.25) is 5.91 Å². The molecular formula is C22H20Cl2N2O2. The smallest absolute Gasteiger partial charge is 0.255 e. The number of fused-ring (bicyclic) bond motifs is 1. The number of halogens is 2. The highest BCUT2D eigenvalue weighted by atomic mass is 35.5. The summed E-state index contributed by atoms with van der Waals surface area (Å²) in [5.74, 6) is -0.0689. The lowest BCUT2D eigenvalue weighted by atomic mass is 9.68. The molecule has 0 aliphatic heterocycles. The van der Waals surface area contributed by atoms with Crippen LogP contribution in [0.15, 0.2) is 53.5 Å². The molecule has 4 rings (SSSR count). The highest BCUT2D eigenvalue weighted by molar-refractivity contribution is 6.34. The van der Waals surface area contributed by atoms with Crippen molar-refractivity contribution in [3.05, 3.63) is 74.6 Å². The molecule has 1 heterocycles. The summed E-state index contributed by atoms with van der Waals surface area (Å²) in [4.78, 5) is 28.1. The minimum absolute atomic E-state index is 0.0689. The number of hydrogen-bond donors (Lipinski definition) is 2. The van der Waals surface area contributed by atoms with Crippen molar-refractivity contribution >= 4 is 45.6 Å². The molecule has 6 heteroatoms. The van der Waals surface area contributed by atoms with Crippen molar-refractivity contribution in [1.82, 2.24) is 4.98 Å². The van der Waals surface area contributed by atoms with E-state index in [9.17, 15) is 9.59 Å². The topological polar surface area (TPSA) is 62.0 Å². The van der Waals surface area contributed by atoms with Crippen LogP contribution in [0.4, 0.5) is 5.69 Å². The zero-order valence-corrected chi connectivity index (χ0v) is 16.7. The zero-order chi connectivity index (χ0) is 19.7. The molecule has 0 spiro atoms. The van der Waals surface area contributed by atoms with Crippen LogP contribution in [0, 0.1) is 0 Å². The largest absolute Gasteiger partial charge is 0.329 e. The van der Waals surface area contributed by atoms with Crippen molar-refractivity contribution in [1.29, 1.82) is 0 Å². The Labute approximate surface area is 172 Å². The Kier molecular flexibility index (Phi) is 5.17. The van der Waals surface area contributed by atoms with Gasteiger partial charge in [0, 0.05) is 16.6 Å². The number of H-pyrrole nitrogens is 1. The summed E-state index contributed by atoms with van der Waals surface area (Å²) in [6.45, 7) is 0. The number of pyridine rings is 1. The molecule has 1 aliphatic carbocycles. The molecule has 0 unspecified atom stereocenters. The van der Waals surface area contributed by atoms with Gasteiger partial charge in [-0.25, -0.2) is 0 Å². The molecule has 2 aromatic carbocycles. The molecular weight excluding hydrogens is 395 g/mol. The fourth-order valence-electron chi connectivity index (χ4n) is 4.12. The maximum absolute atomic E-state index is 13.5. The number of anilines is 1. The third-order valence-electron chi connectivity index (χ3n) is 5.65. The van der Waals surface area contributed by atoms with Gasteiger partial charge in [0.15, 0.2) is 0 Å². The fraction of sp³-hybridized carbons (Fsp3) is 0.273. The molecule has 4 nitrogen and oxygen atoms in total. The minimum Gasteiger partial charge on any atom is -0.329 e. The van der Waals surface area contributed by atoms with Crippen LogP contribution in [0.3, 0.4) is 0 Å². The van der Waals surface area contributed by atoms with Crippen LogP contribution in [0.5, 0.6) is 0 Å². The zero-order valence-electron chi connectivity index (χ0n) is 15.2. The van der Waals surface area contributed by atoms with Gasteiger partial charge in [0.05, 0.1) is 16.1 Å². The van der Waals surface area contributed by atoms with Gasteiger partial charge in [-0.3, -0.25) is 9.59 Å². The van der Waals surface area contributed by atoms with Crippen LogP contribution in [0.25, 0.3) is 10.8 Å². The second-order valence-electron chi connectivity index (χ2n) is 7.33. The molecule has 1 aliphatic rings. The van der Waals surface area contributed by atoms with Crippen LogP contribution in [0.2, 0.25) is 10.0 Å². The van der Waals surface area contributed by atoms with Crippen molar-refractivity contribution < 1.29 is 4.79 Å². The molecule has 2 N–H and O–H groups in total. The Balaban J connectivity index is 1.72. The average Bonchev–Trinajstić information content (AvgIpc) is 2.70. The number of carbonyl (C=O) groups excluding carboxylic acids is 1. The van der Waals surface area contributed by atoms with Crippen LogP contribution in [-0.2, 0) is 10.2 Å². The summed E-state index contributed by atoms with van der Waals surface area (Å²) in [5.41, 5.74) is 0.684. The Morgan fingerprint density at radius 2 is 1.71 bits per heavy atom. The molecule has 1 amide bonds. The fourth-order valence-corrected chi connectivity index (χ4v) is 4.46. The summed E-state index contributed by atoms with van der Waals surface area (Å²) in [6.07, 6.45) is 6.27. The number of aromatic amines is 1. The first-order valence-corrected chi connectivity index (χ1v) is 10.1. The first kappa shape index (κ1) is 19.0. The van der Waals surface area contributed by atoms with Crippen LogP contribution in [-0.4, -0.2) is 10.9 Å². The molecule has 0 saturated heterocycles. The number of aromatic nitrogens is 1. The Morgan fingerprint density at radius 3 is 2.43 bits per heavy atom. The van der Waals surface area contributed by atoms with Crippen molar-refractivity contribution in [3.63, 3.8) is 0 Å². The lowest BCUT2D eigenvalue weighted by molar-refractivity contribution is -0.122. The molecule has 1 fully saturated rings. The van der Waals surface area contributed by atoms with Gasteiger partial charge in [0.25, 0.3) is 5.56 Å². The molecule has 0 bridgehead atoms. The second kappa shape index (κ2) is 7.61. The summed E-state index contributed by atoms with van der Waals surface area (Å²) in [7, 11) is 0. The number of carbonyl (C=O) groups is 1. The lowest BCUT2D eigenvalue weighted by Gasteiger charge is -2.36. The molecule has 3 aromatic rings. The first-order chi connectivity index (χ1) is 13.5. The van der Waals surface area contributed by atoms with Crippen LogP contribution in [0.1, 0.15) is 37.7 Å². The highest BCUT2D eigenvalue weighted by Gasteiger charge is 2.41. The van der Waals surface area contributed by atoms with E-state index in [1.165, 1.54) is 0 Å². The Hall–Kier alpha value is -2.30. The normalized spacial score (nSPS) is 16.1. The van der Waals surface area contributed by atoms with Crippen molar-refractivity contribution in [2.75, 3.05) is 5.32 Å². The first-order valence-electron chi connectivity index (χ1n) is 9.38. The SMILES string of the molecule is O=C(Nc1cc2cc[nH]c(=O)c2cc1Cl)C1(c2ccc(Cl)cc2)CCCCC1. The van der Waals surface area contributed by atoms with Gasteiger partial charge in [0.1, 0.15) is 0 Å². The lowest BCUT2D eigenvalue weighted by Crippen LogP contribution is -2.42. The minimum atomic E-state index is -0.602. The molecule has 1 aromatic heterocycles. The van der Waals surface area contributed by atoms with Gasteiger partial charge < -0.3 is 10.3 Å². The Morgan fingerprint density at radius 1 is 1.00 bits per heavy atom.